The second kappa shape index (κ2) is 21.5. The number of phosphoric ester groups is 1. The first-order valence-corrected chi connectivity index (χ1v) is 17.9. The highest BCUT2D eigenvalue weighted by atomic mass is 31.2. The van der Waals surface area contributed by atoms with Crippen molar-refractivity contribution in [3.63, 3.8) is 0 Å². The minimum Gasteiger partial charge on any atom is -0.404 e. The summed E-state index contributed by atoms with van der Waals surface area (Å²) in [6, 6.07) is -3.13. The molecule has 21 nitrogen and oxygen atoms in total. The Balaban J connectivity index is 3.26. The van der Waals surface area contributed by atoms with Gasteiger partial charge in [0.05, 0.1) is 19.1 Å². The molecule has 7 amide bonds. The number of carbonyl (C=O) groups excluding carboxylic acids is 8. The Morgan fingerprint density at radius 1 is 0.755 bits per heavy atom. The van der Waals surface area contributed by atoms with Gasteiger partial charge < -0.3 is 58.2 Å². The molecule has 0 unspecified atom stereocenters. The largest absolute Gasteiger partial charge is 0.524 e. The van der Waals surface area contributed by atoms with Gasteiger partial charge in [-0.2, -0.15) is 0 Å². The quantitative estimate of drug-likeness (QED) is 0.0374. The lowest BCUT2D eigenvalue weighted by Crippen LogP contribution is -2.61. The Labute approximate surface area is 305 Å². The summed E-state index contributed by atoms with van der Waals surface area (Å²) >= 11 is 0. The third-order valence-electron chi connectivity index (χ3n) is 7.48. The fourth-order valence-corrected chi connectivity index (χ4v) is 5.02. The van der Waals surface area contributed by atoms with Crippen LogP contribution in [0.1, 0.15) is 52.5 Å². The number of amides is 7. The number of phosphoric acid groups is 1. The van der Waals surface area contributed by atoms with Gasteiger partial charge in [-0.25, -0.2) is 4.57 Å². The van der Waals surface area contributed by atoms with E-state index >= 15 is 0 Å². The summed E-state index contributed by atoms with van der Waals surface area (Å²) in [6.07, 6.45) is -0.856. The first kappa shape index (κ1) is 46.1. The molecule has 0 aliphatic rings. The van der Waals surface area contributed by atoms with Crippen molar-refractivity contribution in [2.75, 3.05) is 6.61 Å². The molecule has 0 fully saturated rings. The zero-order valence-corrected chi connectivity index (χ0v) is 30.5. The molecule has 1 aromatic carbocycles. The van der Waals surface area contributed by atoms with Gasteiger partial charge in [-0.3, -0.25) is 43.3 Å². The number of benzene rings is 1. The fourth-order valence-electron chi connectivity index (χ4n) is 4.62. The van der Waals surface area contributed by atoms with Crippen molar-refractivity contribution >= 4 is 55.5 Å². The highest BCUT2D eigenvalue weighted by Gasteiger charge is 2.35. The third kappa shape index (κ3) is 17.0. The lowest BCUT2D eigenvalue weighted by atomic mass is 9.99. The first-order chi connectivity index (χ1) is 24.6. The van der Waals surface area contributed by atoms with Crippen LogP contribution in [0.5, 0.6) is 5.75 Å². The van der Waals surface area contributed by atoms with E-state index < -0.39 is 110 Å². The van der Waals surface area contributed by atoms with Crippen molar-refractivity contribution in [3.05, 3.63) is 29.8 Å². The summed E-state index contributed by atoms with van der Waals surface area (Å²) in [4.78, 5) is 119. The topological polar surface area (TPSA) is 362 Å². The SMILES string of the molecule is CC(C)[C@H](NC(=O)[C@H](CC(N)=O)NC(=O)[C@@H](NC(=O)[C@H](Cc1ccc(OP(=O)(O)O)cc1)NC(=O)[C@@H](N)CO)C(C)C)C(=O)N[C@H](C=O)CCC(N)=O. The molecule has 0 saturated heterocycles. The van der Waals surface area contributed by atoms with E-state index in [9.17, 15) is 48.0 Å². The monoisotopic (exact) mass is 772 g/mol. The molecular weight excluding hydrogens is 723 g/mol. The predicted octanol–water partition coefficient (Wildman–Crippen LogP) is -3.90. The number of carbonyl (C=O) groups is 8. The van der Waals surface area contributed by atoms with E-state index in [2.05, 4.69) is 31.1 Å². The maximum Gasteiger partial charge on any atom is 0.524 e. The zero-order valence-electron chi connectivity index (χ0n) is 29.6. The van der Waals surface area contributed by atoms with Crippen molar-refractivity contribution < 1.29 is 62.3 Å². The summed E-state index contributed by atoms with van der Waals surface area (Å²) in [6.45, 7) is 5.47. The molecule has 0 heterocycles. The number of aliphatic hydroxyl groups excluding tert-OH is 1. The van der Waals surface area contributed by atoms with Crippen molar-refractivity contribution in [3.8, 4) is 5.75 Å². The zero-order chi connectivity index (χ0) is 40.6. The average Bonchev–Trinajstić information content (AvgIpc) is 3.05. The van der Waals surface area contributed by atoms with E-state index in [1.807, 2.05) is 0 Å². The molecule has 0 aliphatic carbocycles. The van der Waals surface area contributed by atoms with E-state index in [4.69, 9.17) is 27.0 Å². The molecule has 22 heteroatoms. The van der Waals surface area contributed by atoms with E-state index in [0.717, 1.165) is 0 Å². The van der Waals surface area contributed by atoms with Gasteiger partial charge in [-0.1, -0.05) is 39.8 Å². The summed E-state index contributed by atoms with van der Waals surface area (Å²) in [5.41, 5.74) is 16.4. The van der Waals surface area contributed by atoms with Gasteiger partial charge in [-0.05, 0) is 36.0 Å². The summed E-state index contributed by atoms with van der Waals surface area (Å²) in [5, 5.41) is 21.4. The number of primary amides is 2. The Morgan fingerprint density at radius 2 is 1.25 bits per heavy atom. The first-order valence-electron chi connectivity index (χ1n) is 16.3. The van der Waals surface area contributed by atoms with E-state index in [1.165, 1.54) is 24.3 Å². The number of hydrogen-bond acceptors (Lipinski definition) is 12. The van der Waals surface area contributed by atoms with Crippen molar-refractivity contribution in [1.29, 1.82) is 0 Å². The maximum absolute atomic E-state index is 13.6. The van der Waals surface area contributed by atoms with Gasteiger partial charge in [-0.15, -0.1) is 0 Å². The van der Waals surface area contributed by atoms with E-state index in [1.54, 1.807) is 27.7 Å². The molecule has 0 spiro atoms. The number of hydrogen-bond donors (Lipinski definition) is 11. The van der Waals surface area contributed by atoms with Crippen LogP contribution in [-0.2, 0) is 49.3 Å². The van der Waals surface area contributed by atoms with Gasteiger partial charge in [0.25, 0.3) is 0 Å². The second-order valence-electron chi connectivity index (χ2n) is 12.7. The molecular formula is C31H49N8O13P. The van der Waals surface area contributed by atoms with Gasteiger partial charge in [0.2, 0.25) is 41.4 Å². The highest BCUT2D eigenvalue weighted by Crippen LogP contribution is 2.37. The molecule has 1 rings (SSSR count). The van der Waals surface area contributed by atoms with Crippen LogP contribution in [0.25, 0.3) is 0 Å². The molecule has 0 radical (unpaired) electrons. The van der Waals surface area contributed by atoms with Crippen LogP contribution in [0.15, 0.2) is 24.3 Å². The summed E-state index contributed by atoms with van der Waals surface area (Å²) in [7, 11) is -4.86. The number of nitrogens with one attached hydrogen (secondary N) is 5. The van der Waals surface area contributed by atoms with Gasteiger partial charge >= 0.3 is 7.82 Å². The lowest BCUT2D eigenvalue weighted by molar-refractivity contribution is -0.136. The number of rotatable bonds is 23. The van der Waals surface area contributed by atoms with Crippen LogP contribution < -0.4 is 48.3 Å². The lowest BCUT2D eigenvalue weighted by Gasteiger charge is -2.29. The fraction of sp³-hybridized carbons (Fsp3) is 0.548. The molecule has 0 aromatic heterocycles. The molecule has 53 heavy (non-hydrogen) atoms. The molecule has 14 N–H and O–H groups in total. The summed E-state index contributed by atoms with van der Waals surface area (Å²) < 4.78 is 15.6. The predicted molar refractivity (Wildman–Crippen MR) is 186 cm³/mol. The second-order valence-corrected chi connectivity index (χ2v) is 13.9. The van der Waals surface area contributed by atoms with Crippen molar-refractivity contribution in [1.82, 2.24) is 26.6 Å². The van der Waals surface area contributed by atoms with Crippen LogP contribution in [0.3, 0.4) is 0 Å². The Morgan fingerprint density at radius 3 is 1.68 bits per heavy atom. The number of aldehydes is 1. The summed E-state index contributed by atoms with van der Waals surface area (Å²) in [5.74, 6) is -7.73. The van der Waals surface area contributed by atoms with Crippen molar-refractivity contribution in [2.45, 2.75) is 89.6 Å². The number of nitrogens with two attached hydrogens (primary N) is 3. The highest BCUT2D eigenvalue weighted by molar-refractivity contribution is 7.46. The standard InChI is InChI=1S/C31H49N8O13P/c1-15(2)25(30(47)35-18(13-40)7-10-23(33)42)38-29(46)22(12-24(34)43)37-31(48)26(16(3)4)39-28(45)21(36-27(44)20(32)14-41)11-17-5-8-19(9-6-17)52-53(49,50)51/h5-6,8-9,13,15-16,18,20-22,25-26,41H,7,10-12,14,32H2,1-4H3,(H2,33,42)(H2,34,43)(H,35,47)(H,36,44)(H,37,48)(H,38,46)(H,39,45)(H2,49,50,51)/t18-,20-,21-,22-,25-,26-/m0/s1. The van der Waals surface area contributed by atoms with Crippen LogP contribution in [-0.4, -0.2) is 105 Å². The van der Waals surface area contributed by atoms with Crippen LogP contribution in [0, 0.1) is 11.8 Å². The Hall–Kier alpha value is -4.95. The van der Waals surface area contributed by atoms with E-state index in [0.29, 0.717) is 11.8 Å². The average molecular weight is 773 g/mol. The van der Waals surface area contributed by atoms with Crippen LogP contribution in [0.2, 0.25) is 0 Å². The van der Waals surface area contributed by atoms with Gasteiger partial charge in [0.15, 0.2) is 0 Å². The third-order valence-corrected chi connectivity index (χ3v) is 7.93. The van der Waals surface area contributed by atoms with Crippen LogP contribution in [0.4, 0.5) is 0 Å². The smallest absolute Gasteiger partial charge is 0.404 e. The van der Waals surface area contributed by atoms with Gasteiger partial charge in [0, 0.05) is 12.8 Å². The Kier molecular flexibility index (Phi) is 18.7. The van der Waals surface area contributed by atoms with Crippen molar-refractivity contribution in [2.24, 2.45) is 29.0 Å². The molecule has 1 aromatic rings. The molecule has 0 bridgehead atoms. The molecule has 0 aliphatic heterocycles. The maximum atomic E-state index is 13.6. The Bertz CT molecular complexity index is 1520. The van der Waals surface area contributed by atoms with Crippen LogP contribution >= 0.6 is 7.82 Å². The normalized spacial score (nSPS) is 14.8. The molecule has 296 valence electrons. The molecule has 0 saturated carbocycles. The van der Waals surface area contributed by atoms with E-state index in [-0.39, 0.29) is 25.0 Å². The minimum atomic E-state index is -4.86. The minimum absolute atomic E-state index is 0.0919. The number of aliphatic hydroxyl groups is 1. The molecule has 6 atom stereocenters. The van der Waals surface area contributed by atoms with Gasteiger partial charge in [0.1, 0.15) is 42.2 Å².